The summed E-state index contributed by atoms with van der Waals surface area (Å²) in [5.41, 5.74) is 2.40. The lowest BCUT2D eigenvalue weighted by Crippen LogP contribution is -2.22. The minimum absolute atomic E-state index is 0.187. The highest BCUT2D eigenvalue weighted by Gasteiger charge is 2.23. The van der Waals surface area contributed by atoms with Crippen molar-refractivity contribution in [1.29, 1.82) is 0 Å². The van der Waals surface area contributed by atoms with Gasteiger partial charge in [-0.1, -0.05) is 18.2 Å². The van der Waals surface area contributed by atoms with Crippen molar-refractivity contribution in [3.05, 3.63) is 59.8 Å². The van der Waals surface area contributed by atoms with Gasteiger partial charge in [-0.15, -0.1) is 0 Å². The Labute approximate surface area is 128 Å². The Hall–Kier alpha value is -2.27. The summed E-state index contributed by atoms with van der Waals surface area (Å²) in [6.45, 7) is 0.996. The zero-order chi connectivity index (χ0) is 14.9. The molecule has 1 aliphatic heterocycles. The zero-order valence-corrected chi connectivity index (χ0v) is 12.2. The van der Waals surface area contributed by atoms with E-state index in [4.69, 9.17) is 0 Å². The molecule has 1 unspecified atom stereocenters. The van der Waals surface area contributed by atoms with Gasteiger partial charge in [-0.25, -0.2) is 14.4 Å². The Balaban J connectivity index is 1.82. The Morgan fingerprint density at radius 3 is 2.95 bits per heavy atom. The van der Waals surface area contributed by atoms with E-state index in [9.17, 15) is 4.39 Å². The number of halogens is 1. The minimum Gasteiger partial charge on any atom is -0.297 e. The first-order valence-electron chi connectivity index (χ1n) is 7.61. The van der Waals surface area contributed by atoms with Crippen LogP contribution in [0.4, 0.5) is 4.39 Å². The number of benzene rings is 1. The number of rotatable bonds is 3. The Kier molecular flexibility index (Phi) is 3.35. The minimum atomic E-state index is -0.187. The lowest BCUT2D eigenvalue weighted by molar-refractivity contribution is 0.463. The molecule has 22 heavy (non-hydrogen) atoms. The summed E-state index contributed by atoms with van der Waals surface area (Å²) in [6, 6.07) is 10.7. The maximum absolute atomic E-state index is 14.0. The fraction of sp³-hybridized carbons (Fsp3) is 0.294. The molecule has 1 fully saturated rings. The first-order chi connectivity index (χ1) is 10.8. The van der Waals surface area contributed by atoms with Gasteiger partial charge < -0.3 is 0 Å². The SMILES string of the molecule is Fc1ccccc1Cc1nc2cccnc2n1C1CCCN1. The predicted molar refractivity (Wildman–Crippen MR) is 83.0 cm³/mol. The average Bonchev–Trinajstić information content (AvgIpc) is 3.16. The summed E-state index contributed by atoms with van der Waals surface area (Å²) in [6.07, 6.45) is 4.63. The first-order valence-corrected chi connectivity index (χ1v) is 7.61. The van der Waals surface area contributed by atoms with E-state index in [1.54, 1.807) is 12.3 Å². The summed E-state index contributed by atoms with van der Waals surface area (Å²) in [4.78, 5) is 9.16. The van der Waals surface area contributed by atoms with Gasteiger partial charge in [0.15, 0.2) is 5.65 Å². The molecule has 1 aliphatic rings. The molecule has 3 heterocycles. The Morgan fingerprint density at radius 2 is 2.14 bits per heavy atom. The van der Waals surface area contributed by atoms with E-state index in [0.717, 1.165) is 36.4 Å². The second kappa shape index (κ2) is 5.50. The number of imidazole rings is 1. The molecular weight excluding hydrogens is 279 g/mol. The van der Waals surface area contributed by atoms with E-state index in [2.05, 4.69) is 19.9 Å². The summed E-state index contributed by atoms with van der Waals surface area (Å²) < 4.78 is 16.1. The molecule has 1 atom stereocenters. The van der Waals surface area contributed by atoms with Gasteiger partial charge in [-0.2, -0.15) is 0 Å². The lowest BCUT2D eigenvalue weighted by Gasteiger charge is -2.16. The van der Waals surface area contributed by atoms with E-state index in [1.807, 2.05) is 24.3 Å². The highest BCUT2D eigenvalue weighted by Crippen LogP contribution is 2.25. The Morgan fingerprint density at radius 1 is 1.23 bits per heavy atom. The topological polar surface area (TPSA) is 42.7 Å². The van der Waals surface area contributed by atoms with E-state index >= 15 is 0 Å². The third-order valence-electron chi connectivity index (χ3n) is 4.17. The van der Waals surface area contributed by atoms with Crippen molar-refractivity contribution in [2.75, 3.05) is 6.54 Å². The van der Waals surface area contributed by atoms with Crippen LogP contribution in [0.25, 0.3) is 11.2 Å². The van der Waals surface area contributed by atoms with Crippen molar-refractivity contribution in [3.63, 3.8) is 0 Å². The molecule has 1 saturated heterocycles. The molecule has 0 aliphatic carbocycles. The van der Waals surface area contributed by atoms with Crippen LogP contribution in [0.15, 0.2) is 42.6 Å². The van der Waals surface area contributed by atoms with Crippen LogP contribution in [0.5, 0.6) is 0 Å². The van der Waals surface area contributed by atoms with Gasteiger partial charge in [0.1, 0.15) is 17.2 Å². The smallest absolute Gasteiger partial charge is 0.161 e. The second-order valence-electron chi connectivity index (χ2n) is 5.62. The van der Waals surface area contributed by atoms with Crippen molar-refractivity contribution in [2.45, 2.75) is 25.4 Å². The third kappa shape index (κ3) is 2.27. The number of pyridine rings is 1. The first kappa shape index (κ1) is 13.4. The molecular formula is C17H17FN4. The van der Waals surface area contributed by atoms with E-state index < -0.39 is 0 Å². The molecule has 0 amide bonds. The van der Waals surface area contributed by atoms with Crippen LogP contribution in [-0.4, -0.2) is 21.1 Å². The van der Waals surface area contributed by atoms with Crippen LogP contribution in [0.3, 0.4) is 0 Å². The second-order valence-corrected chi connectivity index (χ2v) is 5.62. The van der Waals surface area contributed by atoms with Gasteiger partial charge in [0.25, 0.3) is 0 Å². The van der Waals surface area contributed by atoms with Crippen LogP contribution in [-0.2, 0) is 6.42 Å². The van der Waals surface area contributed by atoms with Crippen LogP contribution in [0.2, 0.25) is 0 Å². The largest absolute Gasteiger partial charge is 0.297 e. The molecule has 5 heteroatoms. The standard InChI is InChI=1S/C17H17FN4/c18-13-6-2-1-5-12(13)11-16-21-14-7-3-10-20-17(14)22(16)15-8-4-9-19-15/h1-3,5-7,10,15,19H,4,8-9,11H2. The van der Waals surface area contributed by atoms with Gasteiger partial charge in [-0.05, 0) is 43.1 Å². The van der Waals surface area contributed by atoms with Crippen molar-refractivity contribution >= 4 is 11.2 Å². The number of aromatic nitrogens is 3. The summed E-state index contributed by atoms with van der Waals surface area (Å²) in [7, 11) is 0. The molecule has 3 aromatic rings. The molecule has 0 saturated carbocycles. The van der Waals surface area contributed by atoms with Gasteiger partial charge in [0.05, 0.1) is 6.17 Å². The van der Waals surface area contributed by atoms with Crippen LogP contribution in [0, 0.1) is 5.82 Å². The van der Waals surface area contributed by atoms with Crippen molar-refractivity contribution in [3.8, 4) is 0 Å². The number of fused-ring (bicyclic) bond motifs is 1. The van der Waals surface area contributed by atoms with E-state index in [-0.39, 0.29) is 12.0 Å². The van der Waals surface area contributed by atoms with E-state index in [0.29, 0.717) is 12.0 Å². The van der Waals surface area contributed by atoms with Crippen molar-refractivity contribution in [2.24, 2.45) is 0 Å². The fourth-order valence-electron chi connectivity index (χ4n) is 3.13. The summed E-state index contributed by atoms with van der Waals surface area (Å²) in [5, 5.41) is 3.48. The summed E-state index contributed by atoms with van der Waals surface area (Å²) >= 11 is 0. The maximum atomic E-state index is 14.0. The van der Waals surface area contributed by atoms with Crippen molar-refractivity contribution < 1.29 is 4.39 Å². The molecule has 4 nitrogen and oxygen atoms in total. The lowest BCUT2D eigenvalue weighted by atomic mass is 10.1. The summed E-state index contributed by atoms with van der Waals surface area (Å²) in [5.74, 6) is 0.673. The number of nitrogens with zero attached hydrogens (tertiary/aromatic N) is 3. The van der Waals surface area contributed by atoms with Gasteiger partial charge in [0, 0.05) is 12.6 Å². The highest BCUT2D eigenvalue weighted by molar-refractivity contribution is 5.71. The number of hydrogen-bond acceptors (Lipinski definition) is 3. The number of hydrogen-bond donors (Lipinski definition) is 1. The Bertz CT molecular complexity index is 805. The molecule has 0 spiro atoms. The molecule has 112 valence electrons. The van der Waals surface area contributed by atoms with Crippen molar-refractivity contribution in [1.82, 2.24) is 19.9 Å². The third-order valence-corrected chi connectivity index (χ3v) is 4.17. The molecule has 1 N–H and O–H groups in total. The molecule has 1 aromatic carbocycles. The van der Waals surface area contributed by atoms with Gasteiger partial charge in [-0.3, -0.25) is 9.88 Å². The van der Waals surface area contributed by atoms with Crippen LogP contribution >= 0.6 is 0 Å². The average molecular weight is 296 g/mol. The molecule has 2 aromatic heterocycles. The predicted octanol–water partition coefficient (Wildman–Crippen LogP) is 3.04. The quantitative estimate of drug-likeness (QED) is 0.808. The molecule has 0 bridgehead atoms. The van der Waals surface area contributed by atoms with Gasteiger partial charge >= 0.3 is 0 Å². The highest BCUT2D eigenvalue weighted by atomic mass is 19.1. The zero-order valence-electron chi connectivity index (χ0n) is 12.2. The van der Waals surface area contributed by atoms with Crippen LogP contribution < -0.4 is 5.32 Å². The van der Waals surface area contributed by atoms with Crippen LogP contribution in [0.1, 0.15) is 30.4 Å². The fourth-order valence-corrected chi connectivity index (χ4v) is 3.13. The maximum Gasteiger partial charge on any atom is 0.161 e. The number of nitrogens with one attached hydrogen (secondary N) is 1. The normalized spacial score (nSPS) is 18.1. The van der Waals surface area contributed by atoms with Gasteiger partial charge in [0.2, 0.25) is 0 Å². The molecule has 0 radical (unpaired) electrons. The monoisotopic (exact) mass is 296 g/mol. The van der Waals surface area contributed by atoms with E-state index in [1.165, 1.54) is 6.07 Å². The molecule has 4 rings (SSSR count).